The topological polar surface area (TPSA) is 76.5 Å². The van der Waals surface area contributed by atoms with E-state index in [0.29, 0.717) is 0 Å². The highest BCUT2D eigenvalue weighted by Gasteiger charge is 2.15. The van der Waals surface area contributed by atoms with Crippen LogP contribution in [0.25, 0.3) is 22.6 Å². The standard InChI is InChI=1S/C22H26N4O2/c23-19-7-5-17(6-8-19)21-16-24-22(18-3-1-4-20(27)15-18)26(21)10-2-9-25-11-13-28-14-12-25/h1,3-8,15-16,27H,2,9-14,23H2. The monoisotopic (exact) mass is 378 g/mol. The van der Waals surface area contributed by atoms with Crippen molar-refractivity contribution in [3.63, 3.8) is 0 Å². The van der Waals surface area contributed by atoms with Crippen molar-refractivity contribution in [2.24, 2.45) is 0 Å². The number of rotatable bonds is 6. The molecule has 28 heavy (non-hydrogen) atoms. The van der Waals surface area contributed by atoms with E-state index in [1.54, 1.807) is 12.1 Å². The van der Waals surface area contributed by atoms with E-state index < -0.39 is 0 Å². The largest absolute Gasteiger partial charge is 0.508 e. The summed E-state index contributed by atoms with van der Waals surface area (Å²) in [7, 11) is 0. The second kappa shape index (κ2) is 8.46. The van der Waals surface area contributed by atoms with Gasteiger partial charge in [-0.2, -0.15) is 0 Å². The molecule has 0 unspecified atom stereocenters. The molecule has 1 fully saturated rings. The molecule has 0 saturated carbocycles. The second-order valence-corrected chi connectivity index (χ2v) is 7.10. The Bertz CT molecular complexity index is 915. The average Bonchev–Trinajstić information content (AvgIpc) is 3.13. The number of phenols is 1. The number of morpholine rings is 1. The first-order valence-electron chi connectivity index (χ1n) is 9.71. The zero-order valence-electron chi connectivity index (χ0n) is 15.9. The fourth-order valence-electron chi connectivity index (χ4n) is 3.64. The molecular formula is C22H26N4O2. The van der Waals surface area contributed by atoms with E-state index in [4.69, 9.17) is 10.5 Å². The van der Waals surface area contributed by atoms with Gasteiger partial charge in [0.05, 0.1) is 25.1 Å². The van der Waals surface area contributed by atoms with Gasteiger partial charge in [-0.25, -0.2) is 4.98 Å². The lowest BCUT2D eigenvalue weighted by molar-refractivity contribution is 0.0369. The zero-order chi connectivity index (χ0) is 19.3. The molecule has 1 aliphatic heterocycles. The smallest absolute Gasteiger partial charge is 0.140 e. The van der Waals surface area contributed by atoms with E-state index in [-0.39, 0.29) is 5.75 Å². The van der Waals surface area contributed by atoms with Gasteiger partial charge in [0.1, 0.15) is 11.6 Å². The molecule has 3 N–H and O–H groups in total. The fraction of sp³-hybridized carbons (Fsp3) is 0.318. The van der Waals surface area contributed by atoms with Gasteiger partial charge < -0.3 is 20.1 Å². The van der Waals surface area contributed by atoms with Crippen molar-refractivity contribution in [2.75, 3.05) is 38.6 Å². The maximum atomic E-state index is 9.90. The van der Waals surface area contributed by atoms with Crippen LogP contribution in [0.3, 0.4) is 0 Å². The SMILES string of the molecule is Nc1ccc(-c2cnc(-c3cccc(O)c3)n2CCCN2CCOCC2)cc1. The molecule has 0 spiro atoms. The summed E-state index contributed by atoms with van der Waals surface area (Å²) in [5.41, 5.74) is 9.65. The highest BCUT2D eigenvalue weighted by Crippen LogP contribution is 2.29. The summed E-state index contributed by atoms with van der Waals surface area (Å²) in [6.45, 7) is 5.50. The van der Waals surface area contributed by atoms with Crippen molar-refractivity contribution in [3.05, 3.63) is 54.7 Å². The van der Waals surface area contributed by atoms with Crippen LogP contribution in [0.5, 0.6) is 5.75 Å². The van der Waals surface area contributed by atoms with Crippen molar-refractivity contribution in [1.82, 2.24) is 14.5 Å². The zero-order valence-corrected chi connectivity index (χ0v) is 15.9. The minimum atomic E-state index is 0.245. The third-order valence-corrected chi connectivity index (χ3v) is 5.13. The number of ether oxygens (including phenoxy) is 1. The number of phenolic OH excluding ortho intramolecular Hbond substituents is 1. The van der Waals surface area contributed by atoms with Crippen molar-refractivity contribution in [1.29, 1.82) is 0 Å². The van der Waals surface area contributed by atoms with Crippen molar-refractivity contribution in [2.45, 2.75) is 13.0 Å². The first-order valence-corrected chi connectivity index (χ1v) is 9.71. The van der Waals surface area contributed by atoms with Crippen LogP contribution in [-0.2, 0) is 11.3 Å². The number of nitrogens with two attached hydrogens (primary N) is 1. The Balaban J connectivity index is 1.61. The number of anilines is 1. The van der Waals surface area contributed by atoms with Gasteiger partial charge >= 0.3 is 0 Å². The Morgan fingerprint density at radius 3 is 2.54 bits per heavy atom. The van der Waals surface area contributed by atoms with Gasteiger partial charge in [-0.05, 0) is 36.2 Å². The third kappa shape index (κ3) is 4.18. The summed E-state index contributed by atoms with van der Waals surface area (Å²) in [5.74, 6) is 1.11. The summed E-state index contributed by atoms with van der Waals surface area (Å²) >= 11 is 0. The molecule has 6 heteroatoms. The quantitative estimate of drug-likeness (QED) is 0.644. The summed E-state index contributed by atoms with van der Waals surface area (Å²) in [6.07, 6.45) is 2.92. The first-order chi connectivity index (χ1) is 13.7. The van der Waals surface area contributed by atoms with Crippen LogP contribution >= 0.6 is 0 Å². The number of hydrogen-bond acceptors (Lipinski definition) is 5. The summed E-state index contributed by atoms with van der Waals surface area (Å²) in [5, 5.41) is 9.90. The fourth-order valence-corrected chi connectivity index (χ4v) is 3.64. The molecule has 0 amide bonds. The van der Waals surface area contributed by atoms with E-state index >= 15 is 0 Å². The average molecular weight is 378 g/mol. The van der Waals surface area contributed by atoms with E-state index in [9.17, 15) is 5.11 Å². The molecule has 2 aromatic carbocycles. The van der Waals surface area contributed by atoms with Gasteiger partial charge in [0.25, 0.3) is 0 Å². The number of nitrogens with zero attached hydrogens (tertiary/aromatic N) is 3. The summed E-state index contributed by atoms with van der Waals surface area (Å²) in [4.78, 5) is 7.12. The molecular weight excluding hydrogens is 352 g/mol. The number of imidazole rings is 1. The number of benzene rings is 2. The van der Waals surface area contributed by atoms with Gasteiger partial charge in [-0.15, -0.1) is 0 Å². The second-order valence-electron chi connectivity index (χ2n) is 7.10. The number of aromatic hydroxyl groups is 1. The Hall–Kier alpha value is -2.83. The number of nitrogen functional groups attached to an aromatic ring is 1. The molecule has 146 valence electrons. The highest BCUT2D eigenvalue weighted by molar-refractivity contribution is 5.67. The minimum Gasteiger partial charge on any atom is -0.508 e. The molecule has 0 bridgehead atoms. The van der Waals surface area contributed by atoms with Gasteiger partial charge in [0.2, 0.25) is 0 Å². The Labute approximate surface area is 165 Å². The highest BCUT2D eigenvalue weighted by atomic mass is 16.5. The number of aromatic nitrogens is 2. The van der Waals surface area contributed by atoms with E-state index in [2.05, 4.69) is 14.5 Å². The predicted octanol–water partition coefficient (Wildman–Crippen LogP) is 3.23. The Kier molecular flexibility index (Phi) is 5.60. The van der Waals surface area contributed by atoms with E-state index in [1.807, 2.05) is 42.6 Å². The van der Waals surface area contributed by atoms with Gasteiger partial charge in [-0.1, -0.05) is 24.3 Å². The molecule has 1 aliphatic rings. The molecule has 0 aliphatic carbocycles. The number of hydrogen-bond donors (Lipinski definition) is 2. The van der Waals surface area contributed by atoms with Crippen molar-refractivity contribution >= 4 is 5.69 Å². The first kappa shape index (κ1) is 18.5. The summed E-state index contributed by atoms with van der Waals surface area (Å²) in [6, 6.07) is 15.1. The van der Waals surface area contributed by atoms with Gasteiger partial charge in [0, 0.05) is 37.4 Å². The maximum absolute atomic E-state index is 9.90. The van der Waals surface area contributed by atoms with E-state index in [1.165, 1.54) is 0 Å². The third-order valence-electron chi connectivity index (χ3n) is 5.13. The molecule has 6 nitrogen and oxygen atoms in total. The molecule has 4 rings (SSSR count). The van der Waals surface area contributed by atoms with Crippen molar-refractivity contribution in [3.8, 4) is 28.4 Å². The van der Waals surface area contributed by atoms with Crippen LogP contribution in [0.4, 0.5) is 5.69 Å². The van der Waals surface area contributed by atoms with Crippen LogP contribution in [-0.4, -0.2) is 52.4 Å². The molecule has 3 aromatic rings. The normalized spacial score (nSPS) is 15.0. The lowest BCUT2D eigenvalue weighted by Gasteiger charge is -2.26. The minimum absolute atomic E-state index is 0.245. The van der Waals surface area contributed by atoms with Crippen LogP contribution in [0.2, 0.25) is 0 Å². The lowest BCUT2D eigenvalue weighted by atomic mass is 10.1. The summed E-state index contributed by atoms with van der Waals surface area (Å²) < 4.78 is 7.67. The Morgan fingerprint density at radius 2 is 1.79 bits per heavy atom. The lowest BCUT2D eigenvalue weighted by Crippen LogP contribution is -2.37. The van der Waals surface area contributed by atoms with Crippen LogP contribution < -0.4 is 5.73 Å². The molecule has 2 heterocycles. The van der Waals surface area contributed by atoms with E-state index in [0.717, 1.165) is 74.1 Å². The molecule has 1 saturated heterocycles. The van der Waals surface area contributed by atoms with Crippen LogP contribution in [0.15, 0.2) is 54.7 Å². The molecule has 0 radical (unpaired) electrons. The van der Waals surface area contributed by atoms with Crippen LogP contribution in [0.1, 0.15) is 6.42 Å². The molecule has 0 atom stereocenters. The maximum Gasteiger partial charge on any atom is 0.140 e. The molecule has 1 aromatic heterocycles. The Morgan fingerprint density at radius 1 is 1.00 bits per heavy atom. The van der Waals surface area contributed by atoms with Gasteiger partial charge in [0.15, 0.2) is 0 Å². The predicted molar refractivity (Wildman–Crippen MR) is 111 cm³/mol. The van der Waals surface area contributed by atoms with Crippen LogP contribution in [0, 0.1) is 0 Å². The van der Waals surface area contributed by atoms with Gasteiger partial charge in [-0.3, -0.25) is 4.90 Å². The van der Waals surface area contributed by atoms with Crippen molar-refractivity contribution < 1.29 is 9.84 Å².